The average molecular weight is 282 g/mol. The number of hydrogen-bond donors (Lipinski definition) is 1. The molecule has 0 aromatic carbocycles. The molecule has 0 radical (unpaired) electrons. The number of carbonyl (C=O) groups is 1. The van der Waals surface area contributed by atoms with Crippen molar-refractivity contribution in [2.45, 2.75) is 33.3 Å². The minimum Gasteiger partial charge on any atom is -0.484 e. The molecule has 0 atom stereocenters. The van der Waals surface area contributed by atoms with Gasteiger partial charge in [0.2, 0.25) is 11.7 Å². The van der Waals surface area contributed by atoms with Gasteiger partial charge in [-0.3, -0.25) is 0 Å². The van der Waals surface area contributed by atoms with E-state index in [4.69, 9.17) is 14.4 Å². The molecule has 0 aliphatic rings. The van der Waals surface area contributed by atoms with Crippen LogP contribution in [0.4, 0.5) is 0 Å². The first kappa shape index (κ1) is 13.5. The van der Waals surface area contributed by atoms with Gasteiger partial charge in [-0.05, 0) is 19.4 Å². The van der Waals surface area contributed by atoms with E-state index in [-0.39, 0.29) is 11.5 Å². The van der Waals surface area contributed by atoms with Crippen molar-refractivity contribution in [3.8, 4) is 5.75 Å². The maximum atomic E-state index is 11.0. The van der Waals surface area contributed by atoms with E-state index < -0.39 is 5.97 Å². The van der Waals surface area contributed by atoms with Crippen LogP contribution in [0, 0.1) is 6.92 Å². The Morgan fingerprint density at radius 3 is 3.05 bits per heavy atom. The van der Waals surface area contributed by atoms with Gasteiger partial charge in [-0.25, -0.2) is 4.79 Å². The van der Waals surface area contributed by atoms with E-state index in [1.54, 1.807) is 6.07 Å². The highest BCUT2D eigenvalue weighted by atomic mass is 32.1. The van der Waals surface area contributed by atoms with E-state index in [0.29, 0.717) is 17.5 Å². The number of carboxylic acid groups (broad SMARTS) is 1. The number of thiophene rings is 1. The molecule has 0 fully saturated rings. The van der Waals surface area contributed by atoms with Crippen LogP contribution in [0.5, 0.6) is 5.75 Å². The van der Waals surface area contributed by atoms with Crippen LogP contribution in [0.1, 0.15) is 39.6 Å². The molecular formula is C12H14N2O4S. The fraction of sp³-hybridized carbons (Fsp3) is 0.417. The lowest BCUT2D eigenvalue weighted by molar-refractivity contribution is 0.0697. The molecule has 7 heteroatoms. The second-order valence-electron chi connectivity index (χ2n) is 4.00. The molecule has 2 rings (SSSR count). The van der Waals surface area contributed by atoms with Crippen LogP contribution >= 0.6 is 11.3 Å². The van der Waals surface area contributed by atoms with Gasteiger partial charge in [-0.15, -0.1) is 11.3 Å². The first-order valence-electron chi connectivity index (χ1n) is 5.88. The zero-order valence-electron chi connectivity index (χ0n) is 10.7. The third-order valence-corrected chi connectivity index (χ3v) is 3.37. The van der Waals surface area contributed by atoms with Crippen molar-refractivity contribution >= 4 is 17.3 Å². The minimum atomic E-state index is -0.993. The SMILES string of the molecule is CCCc1nc(COc2cc(C)sc2C(=O)O)no1. The van der Waals surface area contributed by atoms with Gasteiger partial charge >= 0.3 is 5.97 Å². The molecule has 6 nitrogen and oxygen atoms in total. The molecule has 0 amide bonds. The van der Waals surface area contributed by atoms with Gasteiger partial charge in [0.25, 0.3) is 0 Å². The second-order valence-corrected chi connectivity index (χ2v) is 5.25. The second kappa shape index (κ2) is 5.83. The van der Waals surface area contributed by atoms with Gasteiger partial charge in [0.15, 0.2) is 11.5 Å². The molecule has 0 bridgehead atoms. The summed E-state index contributed by atoms with van der Waals surface area (Å²) in [6, 6.07) is 1.70. The Balaban J connectivity index is 2.03. The van der Waals surface area contributed by atoms with E-state index >= 15 is 0 Å². The summed E-state index contributed by atoms with van der Waals surface area (Å²) in [7, 11) is 0. The van der Waals surface area contributed by atoms with Crippen LogP contribution in [0.2, 0.25) is 0 Å². The van der Waals surface area contributed by atoms with Crippen molar-refractivity contribution < 1.29 is 19.2 Å². The van der Waals surface area contributed by atoms with Gasteiger partial charge in [-0.2, -0.15) is 4.98 Å². The Bertz CT molecular complexity index is 576. The number of aromatic carboxylic acids is 1. The molecule has 0 saturated heterocycles. The summed E-state index contributed by atoms with van der Waals surface area (Å²) < 4.78 is 10.5. The number of carboxylic acids is 1. The molecule has 0 saturated carbocycles. The van der Waals surface area contributed by atoms with Crippen LogP contribution < -0.4 is 4.74 Å². The molecule has 2 aromatic rings. The molecule has 0 aliphatic carbocycles. The Morgan fingerprint density at radius 1 is 1.58 bits per heavy atom. The molecule has 1 N–H and O–H groups in total. The Morgan fingerprint density at radius 2 is 2.37 bits per heavy atom. The van der Waals surface area contributed by atoms with Crippen molar-refractivity contribution in [2.75, 3.05) is 0 Å². The first-order valence-corrected chi connectivity index (χ1v) is 6.69. The highest BCUT2D eigenvalue weighted by Crippen LogP contribution is 2.29. The van der Waals surface area contributed by atoms with Gasteiger partial charge < -0.3 is 14.4 Å². The predicted octanol–water partition coefficient (Wildman–Crippen LogP) is 2.67. The van der Waals surface area contributed by atoms with E-state index in [1.165, 1.54) is 11.3 Å². The van der Waals surface area contributed by atoms with Crippen molar-refractivity contribution in [1.29, 1.82) is 0 Å². The zero-order chi connectivity index (χ0) is 13.8. The third-order valence-electron chi connectivity index (χ3n) is 2.35. The van der Waals surface area contributed by atoms with E-state index in [9.17, 15) is 4.79 Å². The number of hydrogen-bond acceptors (Lipinski definition) is 6. The molecule has 19 heavy (non-hydrogen) atoms. The highest BCUT2D eigenvalue weighted by Gasteiger charge is 2.16. The molecular weight excluding hydrogens is 268 g/mol. The maximum absolute atomic E-state index is 11.0. The number of aromatic nitrogens is 2. The van der Waals surface area contributed by atoms with E-state index in [1.807, 2.05) is 13.8 Å². The lowest BCUT2D eigenvalue weighted by atomic mass is 10.3. The summed E-state index contributed by atoms with van der Waals surface area (Å²) in [5.41, 5.74) is 0. The zero-order valence-corrected chi connectivity index (χ0v) is 11.5. The average Bonchev–Trinajstić information content (AvgIpc) is 2.94. The van der Waals surface area contributed by atoms with Crippen LogP contribution in [0.25, 0.3) is 0 Å². The van der Waals surface area contributed by atoms with Crippen LogP contribution in [-0.2, 0) is 13.0 Å². The molecule has 0 spiro atoms. The fourth-order valence-electron chi connectivity index (χ4n) is 1.55. The van der Waals surface area contributed by atoms with Gasteiger partial charge in [0.05, 0.1) is 0 Å². The summed E-state index contributed by atoms with van der Waals surface area (Å²) in [5.74, 6) is 0.342. The molecule has 0 unspecified atom stereocenters. The lowest BCUT2D eigenvalue weighted by Gasteiger charge is -2.01. The van der Waals surface area contributed by atoms with Crippen molar-refractivity contribution in [3.63, 3.8) is 0 Å². The molecule has 2 heterocycles. The molecule has 2 aromatic heterocycles. The van der Waals surface area contributed by atoms with E-state index in [2.05, 4.69) is 10.1 Å². The largest absolute Gasteiger partial charge is 0.484 e. The van der Waals surface area contributed by atoms with Gasteiger partial charge in [-0.1, -0.05) is 12.1 Å². The Kier molecular flexibility index (Phi) is 4.16. The number of rotatable bonds is 6. The smallest absolute Gasteiger partial charge is 0.349 e. The van der Waals surface area contributed by atoms with Gasteiger partial charge in [0, 0.05) is 11.3 Å². The quantitative estimate of drug-likeness (QED) is 0.876. The Labute approximate surface area is 114 Å². The fourth-order valence-corrected chi connectivity index (χ4v) is 2.35. The third kappa shape index (κ3) is 3.31. The van der Waals surface area contributed by atoms with Crippen molar-refractivity contribution in [2.24, 2.45) is 0 Å². The van der Waals surface area contributed by atoms with Gasteiger partial charge in [0.1, 0.15) is 5.75 Å². The first-order chi connectivity index (χ1) is 9.10. The van der Waals surface area contributed by atoms with E-state index in [0.717, 1.165) is 17.7 Å². The maximum Gasteiger partial charge on any atom is 0.349 e. The van der Waals surface area contributed by atoms with Crippen molar-refractivity contribution in [1.82, 2.24) is 10.1 Å². The summed E-state index contributed by atoms with van der Waals surface area (Å²) >= 11 is 1.18. The monoisotopic (exact) mass is 282 g/mol. The number of aryl methyl sites for hydroxylation is 2. The summed E-state index contributed by atoms with van der Waals surface area (Å²) in [6.45, 7) is 3.95. The topological polar surface area (TPSA) is 85.5 Å². The Hall–Kier alpha value is -1.89. The molecule has 102 valence electrons. The summed E-state index contributed by atoms with van der Waals surface area (Å²) in [6.07, 6.45) is 1.65. The van der Waals surface area contributed by atoms with Crippen LogP contribution in [0.15, 0.2) is 10.6 Å². The molecule has 0 aliphatic heterocycles. The predicted molar refractivity (Wildman–Crippen MR) is 68.6 cm³/mol. The number of ether oxygens (including phenoxy) is 1. The highest BCUT2D eigenvalue weighted by molar-refractivity contribution is 7.14. The summed E-state index contributed by atoms with van der Waals surface area (Å²) in [4.78, 5) is 16.2. The summed E-state index contributed by atoms with van der Waals surface area (Å²) in [5, 5.41) is 12.8. The van der Waals surface area contributed by atoms with Crippen molar-refractivity contribution in [3.05, 3.63) is 27.5 Å². The number of nitrogens with zero attached hydrogens (tertiary/aromatic N) is 2. The minimum absolute atomic E-state index is 0.101. The standard InChI is InChI=1S/C12H14N2O4S/c1-3-4-10-13-9(14-18-10)6-17-8-5-7(2)19-11(8)12(15)16/h5H,3-4,6H2,1-2H3,(H,15,16). The normalized spacial score (nSPS) is 10.6. The van der Waals surface area contributed by atoms with Crippen LogP contribution in [-0.4, -0.2) is 21.2 Å². The van der Waals surface area contributed by atoms with Crippen LogP contribution in [0.3, 0.4) is 0 Å². The lowest BCUT2D eigenvalue weighted by Crippen LogP contribution is -2.01.